The lowest BCUT2D eigenvalue weighted by Crippen LogP contribution is -2.63. The summed E-state index contributed by atoms with van der Waals surface area (Å²) in [6.07, 6.45) is -5.14. The van der Waals surface area contributed by atoms with Gasteiger partial charge in [0.2, 0.25) is 89.1 Å². The number of carbonyl (C=O) groups excluding carboxylic acids is 17. The molecule has 3 aromatic rings. The van der Waals surface area contributed by atoms with Crippen molar-refractivity contribution < 1.29 is 104 Å². The van der Waals surface area contributed by atoms with E-state index in [9.17, 15) is 80.4 Å². The first kappa shape index (κ1) is 97.9. The highest BCUT2D eigenvalue weighted by molar-refractivity contribution is 7.85. The van der Waals surface area contributed by atoms with E-state index in [1.807, 2.05) is 0 Å². The molecular formula is C77H115N19O22S. The molecule has 15 atom stereocenters. The minimum absolute atomic E-state index is 0.0183. The van der Waals surface area contributed by atoms with Crippen LogP contribution in [-0.4, -0.2) is 269 Å². The zero-order valence-corrected chi connectivity index (χ0v) is 69.7. The number of para-hydroxylation sites is 1. The number of nitrogens with two attached hydrogens (primary N) is 4. The van der Waals surface area contributed by atoms with Gasteiger partial charge in [0.05, 0.1) is 18.6 Å². The third kappa shape index (κ3) is 30.0. The van der Waals surface area contributed by atoms with E-state index in [4.69, 9.17) is 27.7 Å². The largest absolute Gasteiger partial charge is 0.459 e. The predicted octanol–water partition coefficient (Wildman–Crippen LogP) is -4.54. The number of ether oxygens (including phenoxy) is 1. The second kappa shape index (κ2) is 44.8. The molecule has 0 saturated carbocycles. The average Bonchev–Trinajstić information content (AvgIpc) is 1.80. The Labute approximate surface area is 689 Å². The maximum Gasteiger partial charge on any atom is 0.325 e. The van der Waals surface area contributed by atoms with Crippen LogP contribution in [0.4, 0.5) is 0 Å². The number of H-pyrrole nitrogens is 1. The number of guanidine groups is 1. The van der Waals surface area contributed by atoms with E-state index in [0.29, 0.717) is 44.7 Å². The molecule has 2 aliphatic rings. The molecule has 2 aliphatic heterocycles. The molecule has 5 rings (SSSR count). The van der Waals surface area contributed by atoms with Gasteiger partial charge in [-0.15, -0.1) is 0 Å². The third-order valence-electron chi connectivity index (χ3n) is 20.1. The van der Waals surface area contributed by atoms with E-state index in [1.165, 1.54) is 11.8 Å². The van der Waals surface area contributed by atoms with Crippen LogP contribution in [0.3, 0.4) is 0 Å². The fourth-order valence-electron chi connectivity index (χ4n) is 13.7. The topological polar surface area (TPSA) is 636 Å². The number of aromatic nitrogens is 1. The Morgan fingerprint density at radius 2 is 1.34 bits per heavy atom. The van der Waals surface area contributed by atoms with Crippen LogP contribution in [0.25, 0.3) is 10.9 Å². The van der Waals surface area contributed by atoms with E-state index < -0.39 is 263 Å². The van der Waals surface area contributed by atoms with Crippen molar-refractivity contribution >= 4 is 128 Å². The third-order valence-corrected chi connectivity index (χ3v) is 20.9. The number of nitrogens with zero attached hydrogens (tertiary/aromatic N) is 4. The Morgan fingerprint density at radius 3 is 1.93 bits per heavy atom. The Bertz CT molecular complexity index is 4320. The van der Waals surface area contributed by atoms with Crippen molar-refractivity contribution in [3.8, 4) is 0 Å². The van der Waals surface area contributed by atoms with Gasteiger partial charge in [-0.05, 0) is 93.7 Å². The number of likely N-dealkylation sites (N-methyl/N-ethyl adjacent to an activating group) is 2. The molecule has 21 N–H and O–H groups in total. The van der Waals surface area contributed by atoms with Gasteiger partial charge >= 0.3 is 5.97 Å². The number of aliphatic hydroxyl groups excluding tert-OH is 1. The van der Waals surface area contributed by atoms with Crippen LogP contribution in [-0.2, 0) is 109 Å². The van der Waals surface area contributed by atoms with Crippen LogP contribution < -0.4 is 76.1 Å². The molecule has 656 valence electrons. The zero-order valence-electron chi connectivity index (χ0n) is 68.8. The average molecular weight is 1690 g/mol. The maximum atomic E-state index is 15.3. The number of cyclic esters (lactones) is 1. The number of nitrogens with one attached hydrogen (secondary N) is 11. The Hall–Kier alpha value is -11.7. The number of primary amides is 2. The summed E-state index contributed by atoms with van der Waals surface area (Å²) in [4.78, 5) is 249. The number of amides is 15. The highest BCUT2D eigenvalue weighted by atomic mass is 32.2. The van der Waals surface area contributed by atoms with Crippen LogP contribution in [0.2, 0.25) is 0 Å². The number of hydrogen-bond donors (Lipinski definition) is 17. The van der Waals surface area contributed by atoms with Crippen molar-refractivity contribution in [2.75, 3.05) is 39.5 Å². The van der Waals surface area contributed by atoms with Crippen LogP contribution in [0.1, 0.15) is 138 Å². The fraction of sp³-hybridized carbons (Fsp3) is 0.584. The molecule has 1 unspecified atom stereocenters. The van der Waals surface area contributed by atoms with E-state index >= 15 is 19.2 Å². The monoisotopic (exact) mass is 1690 g/mol. The van der Waals surface area contributed by atoms with Crippen molar-refractivity contribution in [2.24, 2.45) is 51.1 Å². The molecule has 0 spiro atoms. The minimum Gasteiger partial charge on any atom is -0.459 e. The molecule has 0 bridgehead atoms. The number of aromatic amines is 1. The van der Waals surface area contributed by atoms with Crippen LogP contribution >= 0.6 is 0 Å². The number of hydrogen-bond acceptors (Lipinski definition) is 22. The lowest BCUT2D eigenvalue weighted by Gasteiger charge is -2.35. The van der Waals surface area contributed by atoms with E-state index in [1.54, 1.807) is 109 Å². The standard InChI is InChI=1S/C77H115N19O22S/c1-39(2)30-50-68(107)91-61(42(6)98)72(111)89-53(34-59(79)101)73(112)94(11)36-60(102)118-43(7)62(75(114)95(12)55(70(109)87-50)26-27-58(78)100)92-69(108)54(37-119(115,116)117)90-66(105)49(24-18-28-82-76(80)81)85-67(106)51(32-45-35-83-48-23-17-16-22-46(45)48)86-65(104)47(40(3)4)33-57(99)63(77(8,9)10)93-71(110)56-25-19-29-96(56)74(113)52(31-44-20-14-13-15-21-44)88-64(103)41(5)84-38-97/h13-17,20-23,35,38-43,47,49-56,61-63,83,98H,18-19,24-34,36-37H2,1-12H3,(H2,78,100)(H2,79,101)(H,84,97)(H,85,106)(H,86,104)(H,87,109)(H,88,103)(H,89,111)(H,90,105)(H,91,107)(H,92,108)(H,93,110)(H4,80,81,82)(H,115,116,117)/t41-,42-,43-,47+,49+,50-,51-,52+,53+,54-,55+,56+,61?,62+,63+/m1/s1. The molecule has 2 aromatic carbocycles. The van der Waals surface area contributed by atoms with E-state index in [-0.39, 0.29) is 45.2 Å². The number of rotatable bonds is 37. The Kier molecular flexibility index (Phi) is 36.8. The smallest absolute Gasteiger partial charge is 0.325 e. The number of likely N-dealkylation sites (tertiary alicyclic amines) is 1. The number of benzene rings is 2. The van der Waals surface area contributed by atoms with Gasteiger partial charge in [0.15, 0.2) is 11.7 Å². The molecule has 119 heavy (non-hydrogen) atoms. The molecule has 15 amide bonds. The number of fused-ring (bicyclic) bond motifs is 1. The summed E-state index contributed by atoms with van der Waals surface area (Å²) in [5.41, 5.74) is 22.9. The van der Waals surface area contributed by atoms with Gasteiger partial charge in [-0.25, -0.2) is 0 Å². The van der Waals surface area contributed by atoms with Crippen LogP contribution in [0.5, 0.6) is 0 Å². The second-order valence-electron chi connectivity index (χ2n) is 31.7. The van der Waals surface area contributed by atoms with Gasteiger partial charge in [0.1, 0.15) is 84.9 Å². The van der Waals surface area contributed by atoms with Crippen LogP contribution in [0.15, 0.2) is 65.8 Å². The molecule has 1 aromatic heterocycles. The quantitative estimate of drug-likeness (QED) is 0.00646. The van der Waals surface area contributed by atoms with Crippen molar-refractivity contribution in [2.45, 2.75) is 225 Å². The summed E-state index contributed by atoms with van der Waals surface area (Å²) >= 11 is 0. The fourth-order valence-corrected chi connectivity index (χ4v) is 14.3. The van der Waals surface area contributed by atoms with E-state index in [2.05, 4.69) is 63.1 Å². The zero-order chi connectivity index (χ0) is 89.2. The Balaban J connectivity index is 1.54. The predicted molar refractivity (Wildman–Crippen MR) is 430 cm³/mol. The molecule has 0 radical (unpaired) electrons. The number of Topliss-reactive ketones (excluding diaryl/α,β-unsaturated/α-hetero) is 1. The summed E-state index contributed by atoms with van der Waals surface area (Å²) < 4.78 is 42.2. The van der Waals surface area contributed by atoms with Gasteiger partial charge in [-0.3, -0.25) is 91.1 Å². The molecular weight excluding hydrogens is 1580 g/mol. The number of aliphatic imine (C=N–C) groups is 1. The normalized spacial score (nSPS) is 20.8. The highest BCUT2D eigenvalue weighted by Gasteiger charge is 2.46. The lowest BCUT2D eigenvalue weighted by molar-refractivity contribution is -0.158. The molecule has 0 aliphatic carbocycles. The first-order chi connectivity index (χ1) is 55.6. The second-order valence-corrected chi connectivity index (χ2v) is 33.2. The number of carbonyl (C=O) groups is 17. The Morgan fingerprint density at radius 1 is 0.723 bits per heavy atom. The molecule has 41 nitrogen and oxygen atoms in total. The van der Waals surface area contributed by atoms with Crippen molar-refractivity contribution in [3.05, 3.63) is 71.9 Å². The van der Waals surface area contributed by atoms with Gasteiger partial charge in [0.25, 0.3) is 10.1 Å². The first-order valence-corrected chi connectivity index (χ1v) is 40.5. The lowest BCUT2D eigenvalue weighted by atomic mass is 9.79. The molecule has 3 heterocycles. The summed E-state index contributed by atoms with van der Waals surface area (Å²) in [7, 11) is -3.44. The van der Waals surface area contributed by atoms with E-state index in [0.717, 1.165) is 27.9 Å². The van der Waals surface area contributed by atoms with Crippen LogP contribution in [0, 0.1) is 23.2 Å². The van der Waals surface area contributed by atoms with Crippen molar-refractivity contribution in [1.82, 2.24) is 72.9 Å². The minimum atomic E-state index is -5.42. The number of ketones is 1. The van der Waals surface area contributed by atoms with Gasteiger partial charge in [0, 0.05) is 75.9 Å². The summed E-state index contributed by atoms with van der Waals surface area (Å²) in [5, 5.41) is 36.0. The summed E-state index contributed by atoms with van der Waals surface area (Å²) in [5.74, 6) is -21.7. The van der Waals surface area contributed by atoms with Crippen molar-refractivity contribution in [3.63, 3.8) is 0 Å². The van der Waals surface area contributed by atoms with Gasteiger partial charge < -0.3 is 106 Å². The first-order valence-electron chi connectivity index (χ1n) is 38.9. The summed E-state index contributed by atoms with van der Waals surface area (Å²) in [6.45, 7) is 13.9. The maximum absolute atomic E-state index is 15.3. The summed E-state index contributed by atoms with van der Waals surface area (Å²) in [6, 6.07) is -4.64. The highest BCUT2D eigenvalue weighted by Crippen LogP contribution is 2.29. The molecule has 2 fully saturated rings. The molecule has 42 heteroatoms. The number of aliphatic hydroxyl groups is 1. The SMILES string of the molecule is CC(C)C[C@H]1NC(=O)[C@H](CCC(N)=O)N(C)C(=O)[C@@H](NC(=O)[C@@H](CS(=O)(=O)O)NC(=O)[C@H](CCCN=C(N)N)NC(=O)[C@@H](Cc2c[nH]c3ccccc23)NC(=O)[C@@H](CC(=O)[C@H](NC(=O)[C@@H]2CCCN2C(=O)[C@H](Cc2ccccc2)NC(=O)[C@@H](C)NC=O)C(C)(C)C)C(C)C)[C@@H](C)OC(=O)CN(C)C(=O)[C@H](CC(N)=O)NC(=O)C([C@@H](C)O)NC1=O. The number of esters is 1. The van der Waals surface area contributed by atoms with Crippen molar-refractivity contribution in [1.29, 1.82) is 0 Å². The van der Waals surface area contributed by atoms with Gasteiger partial charge in [-0.2, -0.15) is 8.42 Å². The molecule has 2 saturated heterocycles. The van der Waals surface area contributed by atoms with Gasteiger partial charge in [-0.1, -0.05) is 97.0 Å².